The monoisotopic (exact) mass is 482 g/mol. The van der Waals surface area contributed by atoms with Gasteiger partial charge in [0.1, 0.15) is 0 Å². The fraction of sp³-hybridized carbons (Fsp3) is 1.00. The lowest BCUT2D eigenvalue weighted by Crippen LogP contribution is -2.63. The van der Waals surface area contributed by atoms with Gasteiger partial charge in [-0.2, -0.15) is 0 Å². The largest absolute Gasteiger partial charge is 0.393 e. The average molecular weight is 483 g/mol. The molecule has 13 atom stereocenters. The first-order valence-corrected chi connectivity index (χ1v) is 13.9. The molecule has 4 aliphatic carbocycles. The van der Waals surface area contributed by atoms with Crippen LogP contribution in [0.3, 0.4) is 0 Å². The summed E-state index contributed by atoms with van der Waals surface area (Å²) in [5, 5.41) is 64.3. The predicted molar refractivity (Wildman–Crippen MR) is 131 cm³/mol. The molecule has 6 heteroatoms. The lowest BCUT2D eigenvalue weighted by Gasteiger charge is -2.63. The van der Waals surface area contributed by atoms with E-state index in [2.05, 4.69) is 20.8 Å². The molecule has 4 unspecified atom stereocenters. The highest BCUT2D eigenvalue weighted by atomic mass is 16.3. The highest BCUT2D eigenvalue weighted by Gasteiger charge is 2.66. The van der Waals surface area contributed by atoms with Gasteiger partial charge in [0.25, 0.3) is 0 Å². The highest BCUT2D eigenvalue weighted by molar-refractivity contribution is 5.14. The quantitative estimate of drug-likeness (QED) is 0.346. The van der Waals surface area contributed by atoms with Crippen molar-refractivity contribution in [2.24, 2.45) is 52.3 Å². The van der Waals surface area contributed by atoms with E-state index in [0.29, 0.717) is 37.0 Å². The fourth-order valence-electron chi connectivity index (χ4n) is 9.61. The Morgan fingerprint density at radius 2 is 1.47 bits per heavy atom. The third kappa shape index (κ3) is 3.99. The number of aliphatic hydroxyl groups is 6. The van der Waals surface area contributed by atoms with E-state index in [9.17, 15) is 30.6 Å². The lowest BCUT2D eigenvalue weighted by molar-refractivity contribution is -0.217. The Kier molecular flexibility index (Phi) is 7.30. The van der Waals surface area contributed by atoms with E-state index < -0.39 is 30.0 Å². The minimum Gasteiger partial charge on any atom is -0.393 e. The fourth-order valence-corrected chi connectivity index (χ4v) is 9.61. The standard InChI is InChI=1S/C28H50O6/c1-15(2)28(34,14-29)11-6-16(3)19-13-22(32)23-17-12-21(31)24-25(33)20(30)8-10-26(24,4)18(17)7-9-27(19,23)5/h15-25,29-34H,6-14H2,1-5H3/t16-,17-,18+,19-,20+,21?,22?,23?,24?,25+,26-,27-,28-/m1/s1. The van der Waals surface area contributed by atoms with Crippen LogP contribution < -0.4 is 0 Å². The molecule has 4 rings (SSSR count). The first-order valence-electron chi connectivity index (χ1n) is 13.9. The van der Waals surface area contributed by atoms with Crippen LogP contribution in [0.5, 0.6) is 0 Å². The molecule has 34 heavy (non-hydrogen) atoms. The van der Waals surface area contributed by atoms with E-state index in [4.69, 9.17) is 0 Å². The van der Waals surface area contributed by atoms with Crippen molar-refractivity contribution in [1.82, 2.24) is 0 Å². The normalized spacial score (nSPS) is 51.4. The van der Waals surface area contributed by atoms with Crippen LogP contribution in [0.4, 0.5) is 0 Å². The lowest BCUT2D eigenvalue weighted by atomic mass is 9.43. The number of rotatable bonds is 6. The number of hydrogen-bond donors (Lipinski definition) is 6. The molecule has 6 N–H and O–H groups in total. The molecular formula is C28H50O6. The maximum atomic E-state index is 11.4. The predicted octanol–water partition coefficient (Wildman–Crippen LogP) is 2.71. The molecule has 0 saturated heterocycles. The smallest absolute Gasteiger partial charge is 0.0900 e. The SMILES string of the molecule is CC(C)[C@](O)(CO)CC[C@@H](C)[C@H]1CC(O)C2[C@@H]3CC(O)C4[C@@H](O)[C@@H](O)CC[C@]4(C)[C@H]3CC[C@@]21C. The summed E-state index contributed by atoms with van der Waals surface area (Å²) >= 11 is 0. The van der Waals surface area contributed by atoms with Gasteiger partial charge >= 0.3 is 0 Å². The Morgan fingerprint density at radius 1 is 0.853 bits per heavy atom. The van der Waals surface area contributed by atoms with Gasteiger partial charge in [0, 0.05) is 5.92 Å². The summed E-state index contributed by atoms with van der Waals surface area (Å²) in [6.07, 6.45) is 3.44. The molecule has 0 bridgehead atoms. The van der Waals surface area contributed by atoms with Crippen LogP contribution in [0.25, 0.3) is 0 Å². The summed E-state index contributed by atoms with van der Waals surface area (Å²) in [5.74, 6) is 1.02. The van der Waals surface area contributed by atoms with Gasteiger partial charge in [-0.15, -0.1) is 0 Å². The van der Waals surface area contributed by atoms with Crippen molar-refractivity contribution >= 4 is 0 Å². The second-order valence-electron chi connectivity index (χ2n) is 13.6. The van der Waals surface area contributed by atoms with Crippen LogP contribution in [0.15, 0.2) is 0 Å². The van der Waals surface area contributed by atoms with Gasteiger partial charge < -0.3 is 30.6 Å². The molecule has 0 heterocycles. The molecular weight excluding hydrogens is 432 g/mol. The molecule has 6 nitrogen and oxygen atoms in total. The number of aliphatic hydroxyl groups excluding tert-OH is 5. The van der Waals surface area contributed by atoms with Crippen LogP contribution in [0.1, 0.15) is 86.0 Å². The van der Waals surface area contributed by atoms with Crippen molar-refractivity contribution in [3.63, 3.8) is 0 Å². The molecule has 4 saturated carbocycles. The van der Waals surface area contributed by atoms with Gasteiger partial charge in [0.15, 0.2) is 0 Å². The summed E-state index contributed by atoms with van der Waals surface area (Å²) in [6, 6.07) is 0. The van der Waals surface area contributed by atoms with E-state index in [1.165, 1.54) is 0 Å². The average Bonchev–Trinajstić information content (AvgIpc) is 3.05. The van der Waals surface area contributed by atoms with Gasteiger partial charge in [0.2, 0.25) is 0 Å². The second-order valence-corrected chi connectivity index (χ2v) is 13.6. The Hall–Kier alpha value is -0.240. The zero-order chi connectivity index (χ0) is 25.2. The van der Waals surface area contributed by atoms with Gasteiger partial charge in [-0.3, -0.25) is 0 Å². The maximum Gasteiger partial charge on any atom is 0.0900 e. The zero-order valence-electron chi connectivity index (χ0n) is 21.9. The second kappa shape index (κ2) is 9.25. The molecule has 198 valence electrons. The van der Waals surface area contributed by atoms with E-state index in [0.717, 1.165) is 32.1 Å². The van der Waals surface area contributed by atoms with Crippen molar-refractivity contribution in [3.05, 3.63) is 0 Å². The van der Waals surface area contributed by atoms with Crippen LogP contribution >= 0.6 is 0 Å². The molecule has 0 spiro atoms. The number of fused-ring (bicyclic) bond motifs is 5. The first kappa shape index (κ1) is 26.8. The Balaban J connectivity index is 1.55. The molecule has 4 fully saturated rings. The Bertz CT molecular complexity index is 730. The summed E-state index contributed by atoms with van der Waals surface area (Å²) < 4.78 is 0. The van der Waals surface area contributed by atoms with Crippen molar-refractivity contribution in [2.75, 3.05) is 6.61 Å². The summed E-state index contributed by atoms with van der Waals surface area (Å²) in [7, 11) is 0. The van der Waals surface area contributed by atoms with E-state index in [1.807, 2.05) is 13.8 Å². The minimum absolute atomic E-state index is 0.0144. The van der Waals surface area contributed by atoms with Crippen molar-refractivity contribution in [1.29, 1.82) is 0 Å². The molecule has 0 aliphatic heterocycles. The van der Waals surface area contributed by atoms with Crippen molar-refractivity contribution in [3.8, 4) is 0 Å². The molecule has 0 aromatic carbocycles. The topological polar surface area (TPSA) is 121 Å². The van der Waals surface area contributed by atoms with E-state index in [-0.39, 0.29) is 41.1 Å². The van der Waals surface area contributed by atoms with Crippen LogP contribution in [0, 0.1) is 52.3 Å². The Labute approximate surface area is 205 Å². The van der Waals surface area contributed by atoms with Crippen molar-refractivity contribution < 1.29 is 30.6 Å². The van der Waals surface area contributed by atoms with Crippen LogP contribution in [-0.4, -0.2) is 67.3 Å². The van der Waals surface area contributed by atoms with E-state index in [1.54, 1.807) is 0 Å². The van der Waals surface area contributed by atoms with Gasteiger partial charge in [-0.25, -0.2) is 0 Å². The minimum atomic E-state index is -1.06. The molecule has 0 aromatic rings. The molecule has 0 radical (unpaired) electrons. The van der Waals surface area contributed by atoms with Crippen LogP contribution in [-0.2, 0) is 0 Å². The summed E-state index contributed by atoms with van der Waals surface area (Å²) in [4.78, 5) is 0. The molecule has 0 aromatic heterocycles. The summed E-state index contributed by atoms with van der Waals surface area (Å²) in [5.41, 5.74) is -1.31. The Morgan fingerprint density at radius 3 is 2.09 bits per heavy atom. The highest BCUT2D eigenvalue weighted by Crippen LogP contribution is 2.68. The van der Waals surface area contributed by atoms with Crippen LogP contribution in [0.2, 0.25) is 0 Å². The zero-order valence-corrected chi connectivity index (χ0v) is 21.9. The molecule has 4 aliphatic rings. The van der Waals surface area contributed by atoms with Gasteiger partial charge in [-0.1, -0.05) is 34.6 Å². The van der Waals surface area contributed by atoms with Gasteiger partial charge in [-0.05, 0) is 97.7 Å². The summed E-state index contributed by atoms with van der Waals surface area (Å²) in [6.45, 7) is 10.4. The number of hydrogen-bond acceptors (Lipinski definition) is 6. The van der Waals surface area contributed by atoms with Gasteiger partial charge in [0.05, 0.1) is 36.6 Å². The third-order valence-corrected chi connectivity index (χ3v) is 11.8. The third-order valence-electron chi connectivity index (χ3n) is 11.8. The van der Waals surface area contributed by atoms with E-state index >= 15 is 0 Å². The van der Waals surface area contributed by atoms with Crippen molar-refractivity contribution in [2.45, 2.75) is 116 Å². The first-order chi connectivity index (χ1) is 15.8. The molecule has 0 amide bonds. The maximum absolute atomic E-state index is 11.4.